The minimum atomic E-state index is -3.31. The Kier molecular flexibility index (Phi) is 12.9. The molecule has 47 heavy (non-hydrogen) atoms. The zero-order chi connectivity index (χ0) is 34.2. The van der Waals surface area contributed by atoms with Gasteiger partial charge in [0.1, 0.15) is 6.54 Å². The highest BCUT2D eigenvalue weighted by molar-refractivity contribution is 7.93. The summed E-state index contributed by atoms with van der Waals surface area (Å²) in [5, 5.41) is 0. The van der Waals surface area contributed by atoms with Gasteiger partial charge in [0.05, 0.1) is 10.3 Å². The lowest BCUT2D eigenvalue weighted by Crippen LogP contribution is -2.28. The molecule has 0 atom stereocenters. The van der Waals surface area contributed by atoms with Gasteiger partial charge in [-0.3, -0.25) is 0 Å². The van der Waals surface area contributed by atoms with E-state index in [0.717, 1.165) is 37.2 Å². The van der Waals surface area contributed by atoms with Crippen LogP contribution in [0.1, 0.15) is 117 Å². The van der Waals surface area contributed by atoms with E-state index in [-0.39, 0.29) is 10.8 Å². The highest BCUT2D eigenvalue weighted by Gasteiger charge is 2.45. The van der Waals surface area contributed by atoms with Gasteiger partial charge in [0, 0.05) is 72.0 Å². The molecule has 0 fully saturated rings. The summed E-state index contributed by atoms with van der Waals surface area (Å²) in [5.74, 6) is 0.704. The van der Waals surface area contributed by atoms with Crippen LogP contribution in [0.25, 0.3) is 0 Å². The molecule has 2 aliphatic rings. The molecule has 0 unspecified atom stereocenters. The van der Waals surface area contributed by atoms with E-state index in [9.17, 15) is 8.42 Å². The van der Waals surface area contributed by atoms with E-state index >= 15 is 0 Å². The summed E-state index contributed by atoms with van der Waals surface area (Å²) in [6, 6.07) is 11.9. The van der Waals surface area contributed by atoms with Crippen LogP contribution in [0, 0.1) is 0 Å². The van der Waals surface area contributed by atoms with Crippen LogP contribution < -0.4 is 9.79 Å². The number of hydrogen-bond acceptors (Lipinski definition) is 6. The van der Waals surface area contributed by atoms with Crippen LogP contribution in [0.4, 0.5) is 11.4 Å². The fourth-order valence-corrected chi connectivity index (χ4v) is 7.92. The predicted octanol–water partition coefficient (Wildman–Crippen LogP) is 10.2. The lowest BCUT2D eigenvalue weighted by Gasteiger charge is -2.27. The normalized spacial score (nSPS) is 17.6. The van der Waals surface area contributed by atoms with E-state index in [1.807, 2.05) is 24.5 Å². The number of hydrogen-bond donors (Lipinski definition) is 0. The molecule has 0 aliphatic carbocycles. The number of sulfone groups is 1. The van der Waals surface area contributed by atoms with Crippen molar-refractivity contribution in [3.63, 3.8) is 0 Å². The zero-order valence-corrected chi connectivity index (χ0v) is 31.7. The number of benzene rings is 2. The van der Waals surface area contributed by atoms with Gasteiger partial charge in [-0.2, -0.15) is 4.58 Å². The molecule has 0 saturated heterocycles. The molecule has 2 heterocycles. The topological polar surface area (TPSA) is 58.9 Å². The van der Waals surface area contributed by atoms with Gasteiger partial charge >= 0.3 is 0 Å². The van der Waals surface area contributed by atoms with Crippen molar-refractivity contribution in [2.45, 2.75) is 121 Å². The Morgan fingerprint density at radius 1 is 0.851 bits per heavy atom. The third-order valence-electron chi connectivity index (χ3n) is 9.83. The van der Waals surface area contributed by atoms with Gasteiger partial charge in [0.2, 0.25) is 5.69 Å². The average Bonchev–Trinajstić information content (AvgIpc) is 3.37. The molecule has 4 rings (SSSR count). The molecule has 0 saturated carbocycles. The van der Waals surface area contributed by atoms with Crippen LogP contribution in [0.3, 0.4) is 0 Å². The number of fused-ring (bicyclic) bond motifs is 2. The summed E-state index contributed by atoms with van der Waals surface area (Å²) >= 11 is 1.19. The highest BCUT2D eigenvalue weighted by atomic mass is 32.2. The summed E-state index contributed by atoms with van der Waals surface area (Å²) < 4.78 is 32.7. The van der Waals surface area contributed by atoms with E-state index in [1.54, 1.807) is 6.07 Å². The number of unbranched alkanes of at least 4 members (excludes halogenated alkanes) is 8. The predicted molar refractivity (Wildman–Crippen MR) is 199 cm³/mol. The van der Waals surface area contributed by atoms with Gasteiger partial charge in [-0.25, -0.2) is 8.42 Å². The highest BCUT2D eigenvalue weighted by Crippen LogP contribution is 2.49. The Labute approximate surface area is 289 Å². The average molecular weight is 682 g/mol. The maximum atomic E-state index is 12.5. The molecular formula is C39H57N2O4S2+. The summed E-state index contributed by atoms with van der Waals surface area (Å²) in [6.07, 6.45) is 22.0. The Hall–Kier alpha value is -2.55. The summed E-state index contributed by atoms with van der Waals surface area (Å²) in [6.45, 7) is 15.4. The van der Waals surface area contributed by atoms with Crippen LogP contribution in [-0.4, -0.2) is 44.3 Å². The molecule has 0 N–H and O–H groups in total. The first-order valence-electron chi connectivity index (χ1n) is 17.6. The van der Waals surface area contributed by atoms with Gasteiger partial charge in [-0.05, 0) is 68.7 Å². The number of rotatable bonds is 18. The molecule has 258 valence electrons. The Morgan fingerprint density at radius 3 is 2.19 bits per heavy atom. The van der Waals surface area contributed by atoms with Crippen molar-refractivity contribution in [1.29, 1.82) is 0 Å². The van der Waals surface area contributed by atoms with Crippen LogP contribution in [0.5, 0.6) is 5.75 Å². The molecule has 0 spiro atoms. The van der Waals surface area contributed by atoms with Crippen LogP contribution >= 0.6 is 12.0 Å². The number of anilines is 1. The van der Waals surface area contributed by atoms with Gasteiger partial charge in [-0.1, -0.05) is 78.7 Å². The molecule has 2 aliphatic heterocycles. The first-order chi connectivity index (χ1) is 22.4. The first kappa shape index (κ1) is 37.3. The first-order valence-corrected chi connectivity index (χ1v) is 20.6. The Bertz CT molecular complexity index is 1590. The second-order valence-corrected chi connectivity index (χ2v) is 16.6. The standard InChI is InChI=1S/C39H57N2O4S2/c1-9-11-13-15-17-26-40-34-24-22-30(44-45-46-7)28-32(34)38(3,4)36(40)20-19-21-37-39(5,6)33-29-31(47(8,42)43)23-25-35(33)41(37)27-18-16-14-12-10-2/h19-25,28-29H,9-18,26-27H2,1-8H3/q+1. The molecule has 0 aromatic heterocycles. The quantitative estimate of drug-likeness (QED) is 0.0513. The van der Waals surface area contributed by atoms with Crippen molar-refractivity contribution in [1.82, 2.24) is 0 Å². The lowest BCUT2D eigenvalue weighted by atomic mass is 9.81. The van der Waals surface area contributed by atoms with E-state index < -0.39 is 9.84 Å². The third-order valence-corrected chi connectivity index (χ3v) is 11.1. The number of nitrogens with zero attached hydrogens (tertiary/aromatic N) is 2. The van der Waals surface area contributed by atoms with Crippen LogP contribution in [0.15, 0.2) is 65.2 Å². The maximum Gasteiger partial charge on any atom is 0.210 e. The van der Waals surface area contributed by atoms with E-state index in [0.29, 0.717) is 10.6 Å². The van der Waals surface area contributed by atoms with Crippen LogP contribution in [0.2, 0.25) is 0 Å². The molecule has 0 bridgehead atoms. The van der Waals surface area contributed by atoms with Gasteiger partial charge < -0.3 is 9.79 Å². The fourth-order valence-electron chi connectivity index (χ4n) is 7.12. The largest absolute Gasteiger partial charge is 0.344 e. The van der Waals surface area contributed by atoms with E-state index in [2.05, 4.69) is 81.4 Å². The minimum absolute atomic E-state index is 0.232. The zero-order valence-electron chi connectivity index (χ0n) is 30.0. The Balaban J connectivity index is 1.72. The van der Waals surface area contributed by atoms with E-state index in [4.69, 9.17) is 9.22 Å². The fraction of sp³-hybridized carbons (Fsp3) is 0.564. The van der Waals surface area contributed by atoms with Crippen molar-refractivity contribution in [3.05, 3.63) is 71.5 Å². The third kappa shape index (κ3) is 8.55. The Morgan fingerprint density at radius 2 is 1.53 bits per heavy atom. The molecule has 6 nitrogen and oxygen atoms in total. The smallest absolute Gasteiger partial charge is 0.210 e. The summed E-state index contributed by atoms with van der Waals surface area (Å²) in [5.41, 5.74) is 6.54. The van der Waals surface area contributed by atoms with Crippen molar-refractivity contribution in [2.24, 2.45) is 0 Å². The molecular weight excluding hydrogens is 625 g/mol. The van der Waals surface area contributed by atoms with Gasteiger partial charge in [-0.15, -0.1) is 4.33 Å². The monoisotopic (exact) mass is 681 g/mol. The number of allylic oxidation sites excluding steroid dienone is 4. The summed E-state index contributed by atoms with van der Waals surface area (Å²) in [7, 11) is -3.31. The van der Waals surface area contributed by atoms with Gasteiger partial charge in [0.25, 0.3) is 0 Å². The van der Waals surface area contributed by atoms with Crippen molar-refractivity contribution in [3.8, 4) is 5.75 Å². The van der Waals surface area contributed by atoms with Crippen molar-refractivity contribution < 1.29 is 22.2 Å². The molecule has 2 aromatic carbocycles. The van der Waals surface area contributed by atoms with Gasteiger partial charge in [0.15, 0.2) is 21.3 Å². The second-order valence-electron chi connectivity index (χ2n) is 14.1. The second kappa shape index (κ2) is 16.2. The van der Waals surface area contributed by atoms with Crippen LogP contribution in [-0.2, 0) is 25.0 Å². The molecule has 2 aromatic rings. The lowest BCUT2D eigenvalue weighted by molar-refractivity contribution is -0.438. The minimum Gasteiger partial charge on any atom is -0.344 e. The molecule has 0 amide bonds. The van der Waals surface area contributed by atoms with Crippen molar-refractivity contribution in [2.75, 3.05) is 30.5 Å². The SMILES string of the molecule is CCCCCCCN1C(=CC=CC2=[N+](CCCCCCC)c3ccc(OOSC)cc3C2(C)C)C(C)(C)c2cc(S(C)(=O)=O)ccc21. The summed E-state index contributed by atoms with van der Waals surface area (Å²) in [4.78, 5) is 8.34. The maximum absolute atomic E-state index is 12.5. The van der Waals surface area contributed by atoms with Crippen molar-refractivity contribution >= 4 is 39.0 Å². The molecule has 8 heteroatoms. The molecule has 0 radical (unpaired) electrons. The van der Waals surface area contributed by atoms with E-state index in [1.165, 1.54) is 92.3 Å².